The molecule has 1 aliphatic heterocycles. The van der Waals surface area contributed by atoms with Gasteiger partial charge >= 0.3 is 6.18 Å². The second-order valence-electron chi connectivity index (χ2n) is 5.57. The van der Waals surface area contributed by atoms with Gasteiger partial charge in [0.15, 0.2) is 0 Å². The Morgan fingerprint density at radius 3 is 2.50 bits per heavy atom. The van der Waals surface area contributed by atoms with Crippen LogP contribution in [0, 0.1) is 5.41 Å². The van der Waals surface area contributed by atoms with E-state index in [4.69, 9.17) is 17.0 Å². The summed E-state index contributed by atoms with van der Waals surface area (Å²) in [4.78, 5) is 2.07. The molecule has 0 aromatic heterocycles. The highest BCUT2D eigenvalue weighted by molar-refractivity contribution is 6.17. The van der Waals surface area contributed by atoms with E-state index in [1.165, 1.54) is 18.3 Å². The highest BCUT2D eigenvalue weighted by Gasteiger charge is 2.36. The number of nitrogens with one attached hydrogen (secondary N) is 1. The van der Waals surface area contributed by atoms with Crippen LogP contribution in [0.4, 0.5) is 13.2 Å². The van der Waals surface area contributed by atoms with Gasteiger partial charge in [-0.05, 0) is 37.2 Å². The van der Waals surface area contributed by atoms with Gasteiger partial charge in [0, 0.05) is 24.7 Å². The third kappa shape index (κ3) is 3.29. The first kappa shape index (κ1) is 16.9. The van der Waals surface area contributed by atoms with Crippen molar-refractivity contribution < 1.29 is 13.2 Å². The maximum absolute atomic E-state index is 12.6. The van der Waals surface area contributed by atoms with E-state index < -0.39 is 17.2 Å². The Hall–Kier alpha value is -1.49. The number of benzene rings is 1. The van der Waals surface area contributed by atoms with Crippen molar-refractivity contribution in [3.05, 3.63) is 47.7 Å². The minimum Gasteiger partial charge on any atom is -0.373 e. The fraction of sp³-hybridized carbons (Fsp3) is 0.438. The molecule has 0 bridgehead atoms. The van der Waals surface area contributed by atoms with E-state index in [1.54, 1.807) is 0 Å². The molecule has 2 nitrogen and oxygen atoms in total. The van der Waals surface area contributed by atoms with Crippen LogP contribution in [0.1, 0.15) is 24.5 Å². The van der Waals surface area contributed by atoms with Gasteiger partial charge in [0.05, 0.1) is 11.0 Å². The molecule has 0 fully saturated rings. The zero-order chi connectivity index (χ0) is 16.4. The third-order valence-corrected chi connectivity index (χ3v) is 4.33. The van der Waals surface area contributed by atoms with Crippen LogP contribution in [0.15, 0.2) is 36.5 Å². The Labute approximate surface area is 133 Å². The smallest absolute Gasteiger partial charge is 0.373 e. The number of hydrogen-bond donors (Lipinski definition) is 1. The molecule has 22 heavy (non-hydrogen) atoms. The van der Waals surface area contributed by atoms with Crippen molar-refractivity contribution >= 4 is 17.8 Å². The van der Waals surface area contributed by atoms with E-state index >= 15 is 0 Å². The van der Waals surface area contributed by atoms with E-state index in [1.807, 2.05) is 19.2 Å². The van der Waals surface area contributed by atoms with E-state index in [0.29, 0.717) is 18.0 Å². The Bertz CT molecular complexity index is 554. The largest absolute Gasteiger partial charge is 0.416 e. The minimum atomic E-state index is -4.34. The number of hydrogen-bond acceptors (Lipinski definition) is 2. The summed E-state index contributed by atoms with van der Waals surface area (Å²) in [6.45, 7) is 2.58. The quantitative estimate of drug-likeness (QED) is 0.627. The topological polar surface area (TPSA) is 27.1 Å². The molecule has 1 heterocycles. The van der Waals surface area contributed by atoms with Crippen molar-refractivity contribution in [1.29, 1.82) is 5.41 Å². The maximum atomic E-state index is 12.6. The fourth-order valence-electron chi connectivity index (χ4n) is 2.60. The molecule has 0 aliphatic carbocycles. The number of rotatable bonds is 5. The van der Waals surface area contributed by atoms with Gasteiger partial charge in [-0.2, -0.15) is 13.2 Å². The fourth-order valence-corrected chi connectivity index (χ4v) is 2.91. The first-order valence-corrected chi connectivity index (χ1v) is 7.56. The predicted octanol–water partition coefficient (Wildman–Crippen LogP) is 4.44. The van der Waals surface area contributed by atoms with Gasteiger partial charge in [-0.1, -0.05) is 18.2 Å². The van der Waals surface area contributed by atoms with Gasteiger partial charge in [-0.3, -0.25) is 0 Å². The monoisotopic (exact) mass is 330 g/mol. The number of alkyl halides is 4. The van der Waals surface area contributed by atoms with Crippen LogP contribution < -0.4 is 0 Å². The molecule has 1 aromatic carbocycles. The summed E-state index contributed by atoms with van der Waals surface area (Å²) >= 11 is 5.75. The van der Waals surface area contributed by atoms with Crippen LogP contribution in [-0.2, 0) is 11.6 Å². The van der Waals surface area contributed by atoms with Gasteiger partial charge in [-0.15, -0.1) is 11.6 Å². The van der Waals surface area contributed by atoms with Crippen molar-refractivity contribution in [3.63, 3.8) is 0 Å². The lowest BCUT2D eigenvalue weighted by atomic mass is 9.82. The number of halogens is 4. The van der Waals surface area contributed by atoms with Crippen molar-refractivity contribution in [2.75, 3.05) is 12.4 Å². The first-order valence-electron chi connectivity index (χ1n) is 7.03. The van der Waals surface area contributed by atoms with E-state index in [2.05, 4.69) is 4.90 Å². The Balaban J connectivity index is 2.23. The van der Waals surface area contributed by atoms with E-state index in [9.17, 15) is 13.2 Å². The minimum absolute atomic E-state index is 0.227. The molecule has 1 unspecified atom stereocenters. The summed E-state index contributed by atoms with van der Waals surface area (Å²) in [6, 6.07) is 5.27. The summed E-state index contributed by atoms with van der Waals surface area (Å²) in [5, 5.41) is 7.74. The van der Waals surface area contributed by atoms with Crippen LogP contribution in [0.5, 0.6) is 0 Å². The highest BCUT2D eigenvalue weighted by Crippen LogP contribution is 2.34. The maximum Gasteiger partial charge on any atom is 0.416 e. The van der Waals surface area contributed by atoms with Crippen molar-refractivity contribution in [1.82, 2.24) is 4.90 Å². The first-order chi connectivity index (χ1) is 10.3. The lowest BCUT2D eigenvalue weighted by Gasteiger charge is -2.30. The van der Waals surface area contributed by atoms with Crippen LogP contribution in [-0.4, -0.2) is 29.6 Å². The van der Waals surface area contributed by atoms with Crippen molar-refractivity contribution in [3.8, 4) is 0 Å². The summed E-state index contributed by atoms with van der Waals surface area (Å²) in [5.41, 5.74) is -0.664. The van der Waals surface area contributed by atoms with Crippen molar-refractivity contribution in [2.24, 2.45) is 0 Å². The summed E-state index contributed by atoms with van der Waals surface area (Å²) in [5.74, 6) is 0.545. The molecule has 0 saturated heterocycles. The molecule has 0 spiro atoms. The summed E-state index contributed by atoms with van der Waals surface area (Å²) in [7, 11) is 0. The van der Waals surface area contributed by atoms with E-state index in [0.717, 1.165) is 18.6 Å². The van der Waals surface area contributed by atoms with E-state index in [-0.39, 0.29) is 6.04 Å². The zero-order valence-electron chi connectivity index (χ0n) is 12.2. The molecule has 1 aromatic rings. The molecule has 0 saturated carbocycles. The molecule has 2 atom stereocenters. The SMILES string of the molecule is CC(CCCl)N1C=C[C@](C=N)(c2ccc(C(F)(F)F)cc2)C1. The van der Waals surface area contributed by atoms with Gasteiger partial charge < -0.3 is 10.3 Å². The van der Waals surface area contributed by atoms with Crippen LogP contribution >= 0.6 is 11.6 Å². The zero-order valence-corrected chi connectivity index (χ0v) is 13.0. The van der Waals surface area contributed by atoms with Crippen LogP contribution in [0.25, 0.3) is 0 Å². The van der Waals surface area contributed by atoms with Crippen molar-refractivity contribution in [2.45, 2.75) is 31.0 Å². The normalized spacial score (nSPS) is 22.9. The average molecular weight is 331 g/mol. The Morgan fingerprint density at radius 1 is 1.36 bits per heavy atom. The second kappa shape index (κ2) is 6.32. The Kier molecular flexibility index (Phi) is 4.85. The molecular formula is C16H18ClF3N2. The standard InChI is InChI=1S/C16H18ClF3N2/c1-12(6-8-17)22-9-7-15(10-21,11-22)13-2-4-14(5-3-13)16(18,19)20/h2-5,7,9-10,12,21H,6,8,11H2,1H3/t12?,15-/m1/s1. The Morgan fingerprint density at radius 2 is 2.00 bits per heavy atom. The lowest BCUT2D eigenvalue weighted by molar-refractivity contribution is -0.137. The molecule has 2 rings (SSSR count). The molecule has 1 N–H and O–H groups in total. The second-order valence-corrected chi connectivity index (χ2v) is 5.95. The molecule has 0 radical (unpaired) electrons. The summed E-state index contributed by atoms with van der Waals surface area (Å²) < 4.78 is 37.9. The molecule has 0 amide bonds. The predicted molar refractivity (Wildman–Crippen MR) is 82.6 cm³/mol. The highest BCUT2D eigenvalue weighted by atomic mass is 35.5. The van der Waals surface area contributed by atoms with Gasteiger partial charge in [-0.25, -0.2) is 0 Å². The average Bonchev–Trinajstić information content (AvgIpc) is 2.93. The third-order valence-electron chi connectivity index (χ3n) is 4.11. The molecular weight excluding hydrogens is 313 g/mol. The van der Waals surface area contributed by atoms with Gasteiger partial charge in [0.2, 0.25) is 0 Å². The molecule has 6 heteroatoms. The number of nitrogens with zero attached hydrogens (tertiary/aromatic N) is 1. The van der Waals surface area contributed by atoms with Gasteiger partial charge in [0.1, 0.15) is 0 Å². The molecule has 120 valence electrons. The molecule has 1 aliphatic rings. The lowest BCUT2D eigenvalue weighted by Crippen LogP contribution is -2.37. The van der Waals surface area contributed by atoms with Gasteiger partial charge in [0.25, 0.3) is 0 Å². The summed E-state index contributed by atoms with van der Waals surface area (Å²) in [6.07, 6.45) is 1.53. The van der Waals surface area contributed by atoms with Crippen LogP contribution in [0.2, 0.25) is 0 Å². The van der Waals surface area contributed by atoms with Crippen LogP contribution in [0.3, 0.4) is 0 Å².